The van der Waals surface area contributed by atoms with Gasteiger partial charge in [-0.3, -0.25) is 9.59 Å². The Hall–Kier alpha value is -4.30. The first-order valence-corrected chi connectivity index (χ1v) is 12.3. The SMILES string of the molecule is N#Cc1ccc(Cl)cc1-c1ccn(C(Cc2ccccc2)C(=O)Nc2ccc(C3NNNN3)cc2)c(=O)c1. The van der Waals surface area contributed by atoms with Crippen LogP contribution in [0.1, 0.15) is 28.9 Å². The van der Waals surface area contributed by atoms with Crippen LogP contribution in [0.3, 0.4) is 0 Å². The quantitative estimate of drug-likeness (QED) is 0.250. The van der Waals surface area contributed by atoms with E-state index in [4.69, 9.17) is 11.6 Å². The molecule has 9 nitrogen and oxygen atoms in total. The van der Waals surface area contributed by atoms with E-state index in [0.29, 0.717) is 33.8 Å². The molecule has 1 aliphatic rings. The Kier molecular flexibility index (Phi) is 7.60. The molecule has 0 spiro atoms. The zero-order valence-electron chi connectivity index (χ0n) is 20.1. The Morgan fingerprint density at radius 2 is 1.74 bits per heavy atom. The Morgan fingerprint density at radius 1 is 1.00 bits per heavy atom. The smallest absolute Gasteiger partial charge is 0.251 e. The molecule has 190 valence electrons. The van der Waals surface area contributed by atoms with Crippen molar-refractivity contribution in [3.05, 3.63) is 123 Å². The van der Waals surface area contributed by atoms with Gasteiger partial charge < -0.3 is 9.88 Å². The van der Waals surface area contributed by atoms with Gasteiger partial charge in [-0.1, -0.05) is 54.1 Å². The van der Waals surface area contributed by atoms with Gasteiger partial charge in [-0.05, 0) is 53.1 Å². The highest BCUT2D eigenvalue weighted by atomic mass is 35.5. The summed E-state index contributed by atoms with van der Waals surface area (Å²) in [5, 5.41) is 12.9. The van der Waals surface area contributed by atoms with Crippen LogP contribution in [0, 0.1) is 11.3 Å². The molecule has 0 bridgehead atoms. The summed E-state index contributed by atoms with van der Waals surface area (Å²) in [6.45, 7) is 0. The van der Waals surface area contributed by atoms with Crippen LogP contribution in [0.2, 0.25) is 5.02 Å². The Morgan fingerprint density at radius 3 is 2.42 bits per heavy atom. The van der Waals surface area contributed by atoms with Gasteiger partial charge in [-0.15, -0.1) is 0 Å². The van der Waals surface area contributed by atoms with Gasteiger partial charge in [0, 0.05) is 35.0 Å². The number of anilines is 1. The number of amides is 1. The van der Waals surface area contributed by atoms with E-state index < -0.39 is 6.04 Å². The largest absolute Gasteiger partial charge is 0.324 e. The third kappa shape index (κ3) is 5.65. The minimum Gasteiger partial charge on any atom is -0.324 e. The highest BCUT2D eigenvalue weighted by Gasteiger charge is 2.23. The van der Waals surface area contributed by atoms with Crippen LogP contribution in [-0.2, 0) is 11.2 Å². The fraction of sp³-hybridized carbons (Fsp3) is 0.107. The molecule has 3 aromatic carbocycles. The summed E-state index contributed by atoms with van der Waals surface area (Å²) in [7, 11) is 0. The summed E-state index contributed by atoms with van der Waals surface area (Å²) < 4.78 is 1.42. The number of aromatic nitrogens is 1. The first-order valence-electron chi connectivity index (χ1n) is 11.9. The molecule has 5 N–H and O–H groups in total. The Labute approximate surface area is 224 Å². The molecule has 38 heavy (non-hydrogen) atoms. The minimum atomic E-state index is -0.806. The first-order chi connectivity index (χ1) is 18.5. The van der Waals surface area contributed by atoms with Crippen molar-refractivity contribution in [3.63, 3.8) is 0 Å². The van der Waals surface area contributed by atoms with E-state index in [1.165, 1.54) is 10.6 Å². The van der Waals surface area contributed by atoms with Crippen molar-refractivity contribution in [2.75, 3.05) is 5.32 Å². The molecule has 1 fully saturated rings. The summed E-state index contributed by atoms with van der Waals surface area (Å²) in [4.78, 5) is 26.9. The summed E-state index contributed by atoms with van der Waals surface area (Å²) in [6, 6.07) is 26.3. The maximum Gasteiger partial charge on any atom is 0.251 e. The molecule has 1 aromatic heterocycles. The lowest BCUT2D eigenvalue weighted by Crippen LogP contribution is -2.34. The van der Waals surface area contributed by atoms with Gasteiger partial charge >= 0.3 is 0 Å². The average Bonchev–Trinajstić information content (AvgIpc) is 3.48. The number of hydrogen-bond acceptors (Lipinski definition) is 7. The molecule has 5 rings (SSSR count). The zero-order valence-corrected chi connectivity index (χ0v) is 20.9. The van der Waals surface area contributed by atoms with Crippen molar-refractivity contribution in [2.45, 2.75) is 18.6 Å². The van der Waals surface area contributed by atoms with E-state index >= 15 is 0 Å². The Balaban J connectivity index is 1.44. The molecule has 10 heteroatoms. The molecule has 2 heterocycles. The molecule has 4 aromatic rings. The Bertz CT molecular complexity index is 1540. The molecular formula is C28H24ClN7O2. The number of nitrogens with one attached hydrogen (secondary N) is 5. The second-order valence-corrected chi connectivity index (χ2v) is 9.19. The lowest BCUT2D eigenvalue weighted by Gasteiger charge is -2.20. The van der Waals surface area contributed by atoms with Crippen LogP contribution >= 0.6 is 11.6 Å². The first kappa shape index (κ1) is 25.4. The van der Waals surface area contributed by atoms with E-state index in [1.807, 2.05) is 54.6 Å². The van der Waals surface area contributed by atoms with E-state index in [9.17, 15) is 14.9 Å². The molecule has 1 atom stereocenters. The fourth-order valence-electron chi connectivity index (χ4n) is 4.33. The van der Waals surface area contributed by atoms with Crippen molar-refractivity contribution in [1.82, 2.24) is 26.5 Å². The summed E-state index contributed by atoms with van der Waals surface area (Å²) in [5.74, 6) is -0.322. The van der Waals surface area contributed by atoms with E-state index in [2.05, 4.69) is 33.3 Å². The van der Waals surface area contributed by atoms with Crippen LogP contribution in [0.25, 0.3) is 11.1 Å². The molecule has 1 saturated heterocycles. The number of carbonyl (C=O) groups excluding carboxylic acids is 1. The van der Waals surface area contributed by atoms with Crippen LogP contribution in [-0.4, -0.2) is 10.5 Å². The van der Waals surface area contributed by atoms with Gasteiger partial charge in [0.1, 0.15) is 12.2 Å². The lowest BCUT2D eigenvalue weighted by molar-refractivity contribution is -0.119. The van der Waals surface area contributed by atoms with Crippen LogP contribution < -0.4 is 32.8 Å². The number of benzene rings is 3. The zero-order chi connectivity index (χ0) is 26.5. The van der Waals surface area contributed by atoms with Crippen molar-refractivity contribution in [2.24, 2.45) is 0 Å². The summed E-state index contributed by atoms with van der Waals surface area (Å²) >= 11 is 6.14. The number of carbonyl (C=O) groups is 1. The molecular weight excluding hydrogens is 502 g/mol. The maximum absolute atomic E-state index is 13.5. The maximum atomic E-state index is 13.5. The number of pyridine rings is 1. The molecule has 0 saturated carbocycles. The van der Waals surface area contributed by atoms with Crippen LogP contribution in [0.5, 0.6) is 0 Å². The molecule has 0 radical (unpaired) electrons. The van der Waals surface area contributed by atoms with E-state index in [1.54, 1.807) is 30.5 Å². The second kappa shape index (κ2) is 11.4. The standard InChI is InChI=1S/C28H24ClN7O2/c29-22-9-6-21(17-30)24(16-22)20-12-13-36(26(37)15-20)25(14-18-4-2-1-3-5-18)28(38)31-23-10-7-19(8-11-23)27-32-34-35-33-27/h1-13,15-16,25,27,32-35H,14H2,(H,31,38). The number of hydrazine groups is 3. The number of halogens is 1. The predicted octanol–water partition coefficient (Wildman–Crippen LogP) is 3.58. The average molecular weight is 526 g/mol. The third-order valence-corrected chi connectivity index (χ3v) is 6.51. The number of hydrogen-bond donors (Lipinski definition) is 5. The highest BCUT2D eigenvalue weighted by Crippen LogP contribution is 2.26. The normalized spacial score (nSPS) is 14.1. The van der Waals surface area contributed by atoms with Gasteiger partial charge in [0.15, 0.2) is 0 Å². The van der Waals surface area contributed by atoms with Crippen molar-refractivity contribution >= 4 is 23.2 Å². The van der Waals surface area contributed by atoms with Gasteiger partial charge in [0.25, 0.3) is 5.56 Å². The lowest BCUT2D eigenvalue weighted by atomic mass is 10.0. The molecule has 1 amide bonds. The third-order valence-electron chi connectivity index (χ3n) is 6.28. The predicted molar refractivity (Wildman–Crippen MR) is 145 cm³/mol. The minimum absolute atomic E-state index is 0.122. The van der Waals surface area contributed by atoms with Gasteiger partial charge in [-0.25, -0.2) is 10.9 Å². The van der Waals surface area contributed by atoms with Gasteiger partial charge in [-0.2, -0.15) is 16.3 Å². The van der Waals surface area contributed by atoms with E-state index in [0.717, 1.165) is 11.1 Å². The molecule has 1 unspecified atom stereocenters. The summed E-state index contributed by atoms with van der Waals surface area (Å²) in [6.07, 6.45) is 1.79. The number of nitriles is 1. The molecule has 0 aliphatic carbocycles. The highest BCUT2D eigenvalue weighted by molar-refractivity contribution is 6.30. The van der Waals surface area contributed by atoms with Crippen molar-refractivity contribution < 1.29 is 4.79 Å². The fourth-order valence-corrected chi connectivity index (χ4v) is 4.50. The van der Waals surface area contributed by atoms with Crippen molar-refractivity contribution in [1.29, 1.82) is 5.26 Å². The number of rotatable bonds is 7. The van der Waals surface area contributed by atoms with Gasteiger partial charge in [0.2, 0.25) is 5.91 Å². The monoisotopic (exact) mass is 525 g/mol. The van der Waals surface area contributed by atoms with Crippen LogP contribution in [0.15, 0.2) is 95.9 Å². The topological polar surface area (TPSA) is 123 Å². The second-order valence-electron chi connectivity index (χ2n) is 8.75. The van der Waals surface area contributed by atoms with Crippen LogP contribution in [0.4, 0.5) is 5.69 Å². The van der Waals surface area contributed by atoms with Crippen molar-refractivity contribution in [3.8, 4) is 17.2 Å². The number of nitrogens with zero attached hydrogens (tertiary/aromatic N) is 2. The van der Waals surface area contributed by atoms with E-state index in [-0.39, 0.29) is 17.6 Å². The molecule has 1 aliphatic heterocycles. The summed E-state index contributed by atoms with van der Waals surface area (Å²) in [5.41, 5.74) is 15.2. The van der Waals surface area contributed by atoms with Gasteiger partial charge in [0.05, 0.1) is 11.6 Å².